The Balaban J connectivity index is 2.71. The minimum absolute atomic E-state index is 0.0357. The number of carboxylic acid groups (broad SMARTS) is 1. The van der Waals surface area contributed by atoms with E-state index in [1.54, 1.807) is 29.2 Å². The van der Waals surface area contributed by atoms with Gasteiger partial charge in [0, 0.05) is 25.2 Å². The number of carboxylic acids is 1. The third-order valence-electron chi connectivity index (χ3n) is 2.72. The topological polar surface area (TPSA) is 60.9 Å². The van der Waals surface area contributed by atoms with Gasteiger partial charge in [-0.25, -0.2) is 0 Å². The molecule has 0 aliphatic carbocycles. The van der Waals surface area contributed by atoms with Gasteiger partial charge in [-0.15, -0.1) is 0 Å². The Morgan fingerprint density at radius 3 is 2.21 bits per heavy atom. The van der Waals surface area contributed by atoms with Crippen molar-refractivity contribution in [2.45, 2.75) is 6.42 Å². The molecule has 0 spiro atoms. The van der Waals surface area contributed by atoms with E-state index in [1.165, 1.54) is 0 Å². The van der Waals surface area contributed by atoms with Crippen LogP contribution in [0.15, 0.2) is 30.3 Å². The van der Waals surface area contributed by atoms with Crippen LogP contribution in [-0.2, 0) is 4.79 Å². The predicted octanol–water partition coefficient (Wildman–Crippen LogP) is 1.17. The molecule has 0 aliphatic rings. The molecule has 0 fully saturated rings. The highest BCUT2D eigenvalue weighted by Gasteiger charge is 2.16. The minimum atomic E-state index is -0.893. The van der Waals surface area contributed by atoms with Gasteiger partial charge in [0.2, 0.25) is 0 Å². The van der Waals surface area contributed by atoms with Crippen LogP contribution in [0.1, 0.15) is 16.8 Å². The van der Waals surface area contributed by atoms with E-state index < -0.39 is 5.97 Å². The van der Waals surface area contributed by atoms with Gasteiger partial charge in [-0.1, -0.05) is 18.2 Å². The van der Waals surface area contributed by atoms with E-state index in [0.29, 0.717) is 18.7 Å². The van der Waals surface area contributed by atoms with Crippen LogP contribution in [0.3, 0.4) is 0 Å². The van der Waals surface area contributed by atoms with Gasteiger partial charge in [0.15, 0.2) is 0 Å². The number of likely N-dealkylation sites (N-methyl/N-ethyl adjacent to an activating group) is 1. The van der Waals surface area contributed by atoms with E-state index in [9.17, 15) is 9.59 Å². The smallest absolute Gasteiger partial charge is 0.305 e. The maximum absolute atomic E-state index is 12.3. The highest BCUT2D eigenvalue weighted by Crippen LogP contribution is 2.05. The molecule has 5 nitrogen and oxygen atoms in total. The molecular formula is C14H20N2O3. The van der Waals surface area contributed by atoms with Crippen LogP contribution in [0.2, 0.25) is 0 Å². The lowest BCUT2D eigenvalue weighted by molar-refractivity contribution is -0.137. The molecule has 104 valence electrons. The molecule has 1 amide bonds. The van der Waals surface area contributed by atoms with E-state index in [0.717, 1.165) is 0 Å². The average molecular weight is 264 g/mol. The van der Waals surface area contributed by atoms with Gasteiger partial charge in [0.1, 0.15) is 0 Å². The molecule has 0 radical (unpaired) electrons. The van der Waals surface area contributed by atoms with Crippen LogP contribution in [0, 0.1) is 0 Å². The second-order valence-electron chi connectivity index (χ2n) is 4.61. The van der Waals surface area contributed by atoms with Crippen LogP contribution in [0.4, 0.5) is 0 Å². The average Bonchev–Trinajstić information content (AvgIpc) is 2.38. The van der Waals surface area contributed by atoms with E-state index in [2.05, 4.69) is 0 Å². The quantitative estimate of drug-likeness (QED) is 0.803. The summed E-state index contributed by atoms with van der Waals surface area (Å²) < 4.78 is 0. The number of nitrogens with zero attached hydrogens (tertiary/aromatic N) is 2. The SMILES string of the molecule is CN(C)CCN(CCC(=O)O)C(=O)c1ccccc1. The first-order valence-corrected chi connectivity index (χ1v) is 6.21. The number of aliphatic carboxylic acids is 1. The molecule has 0 unspecified atom stereocenters. The number of carbonyl (C=O) groups is 2. The third-order valence-corrected chi connectivity index (χ3v) is 2.72. The molecule has 1 N–H and O–H groups in total. The van der Waals surface area contributed by atoms with Crippen molar-refractivity contribution in [2.75, 3.05) is 33.7 Å². The first-order valence-electron chi connectivity index (χ1n) is 6.21. The van der Waals surface area contributed by atoms with Crippen molar-refractivity contribution < 1.29 is 14.7 Å². The summed E-state index contributed by atoms with van der Waals surface area (Å²) in [6.07, 6.45) is -0.0357. The van der Waals surface area contributed by atoms with E-state index >= 15 is 0 Å². The molecule has 0 heterocycles. The van der Waals surface area contributed by atoms with Crippen molar-refractivity contribution >= 4 is 11.9 Å². The zero-order chi connectivity index (χ0) is 14.3. The van der Waals surface area contributed by atoms with Gasteiger partial charge in [0.05, 0.1) is 6.42 Å². The molecule has 19 heavy (non-hydrogen) atoms. The fourth-order valence-corrected chi connectivity index (χ4v) is 1.63. The van der Waals surface area contributed by atoms with Crippen LogP contribution in [-0.4, -0.2) is 60.5 Å². The molecule has 0 saturated carbocycles. The molecule has 0 atom stereocenters. The fourth-order valence-electron chi connectivity index (χ4n) is 1.63. The number of amides is 1. The molecular weight excluding hydrogens is 244 g/mol. The van der Waals surface area contributed by atoms with Gasteiger partial charge in [-0.2, -0.15) is 0 Å². The second kappa shape index (κ2) is 7.53. The number of benzene rings is 1. The van der Waals surface area contributed by atoms with E-state index in [-0.39, 0.29) is 18.9 Å². The Kier molecular flexibility index (Phi) is 6.02. The highest BCUT2D eigenvalue weighted by atomic mass is 16.4. The normalized spacial score (nSPS) is 10.5. The maximum Gasteiger partial charge on any atom is 0.305 e. The van der Waals surface area contributed by atoms with Crippen LogP contribution in [0.5, 0.6) is 0 Å². The minimum Gasteiger partial charge on any atom is -0.481 e. The van der Waals surface area contributed by atoms with Crippen molar-refractivity contribution in [1.29, 1.82) is 0 Å². The third kappa shape index (κ3) is 5.52. The van der Waals surface area contributed by atoms with Crippen molar-refractivity contribution in [1.82, 2.24) is 9.80 Å². The Hall–Kier alpha value is -1.88. The lowest BCUT2D eigenvalue weighted by atomic mass is 10.2. The summed E-state index contributed by atoms with van der Waals surface area (Å²) >= 11 is 0. The zero-order valence-corrected chi connectivity index (χ0v) is 11.4. The number of rotatable bonds is 7. The summed E-state index contributed by atoms with van der Waals surface area (Å²) in [7, 11) is 3.84. The largest absolute Gasteiger partial charge is 0.481 e. The van der Waals surface area contributed by atoms with Crippen molar-refractivity contribution in [2.24, 2.45) is 0 Å². The van der Waals surface area contributed by atoms with Crippen LogP contribution >= 0.6 is 0 Å². The predicted molar refractivity (Wildman–Crippen MR) is 73.2 cm³/mol. The monoisotopic (exact) mass is 264 g/mol. The molecule has 0 saturated heterocycles. The molecule has 1 aromatic rings. The molecule has 1 aromatic carbocycles. The summed E-state index contributed by atoms with van der Waals surface area (Å²) in [6.45, 7) is 1.46. The summed E-state index contributed by atoms with van der Waals surface area (Å²) in [5.74, 6) is -1.01. The Morgan fingerprint density at radius 2 is 1.68 bits per heavy atom. The van der Waals surface area contributed by atoms with Gasteiger partial charge < -0.3 is 14.9 Å². The zero-order valence-electron chi connectivity index (χ0n) is 11.4. The maximum atomic E-state index is 12.3. The van der Waals surface area contributed by atoms with Gasteiger partial charge >= 0.3 is 5.97 Å². The number of carbonyl (C=O) groups excluding carboxylic acids is 1. The van der Waals surface area contributed by atoms with Crippen LogP contribution < -0.4 is 0 Å². The van der Waals surface area contributed by atoms with Crippen molar-refractivity contribution in [3.63, 3.8) is 0 Å². The van der Waals surface area contributed by atoms with Gasteiger partial charge in [0.25, 0.3) is 5.91 Å². The molecule has 0 aromatic heterocycles. The first-order chi connectivity index (χ1) is 9.00. The van der Waals surface area contributed by atoms with E-state index in [1.807, 2.05) is 25.1 Å². The molecule has 0 bridgehead atoms. The summed E-state index contributed by atoms with van der Waals surface area (Å²) in [5, 5.41) is 8.74. The van der Waals surface area contributed by atoms with Crippen molar-refractivity contribution in [3.8, 4) is 0 Å². The van der Waals surface area contributed by atoms with Crippen molar-refractivity contribution in [3.05, 3.63) is 35.9 Å². The lowest BCUT2D eigenvalue weighted by Crippen LogP contribution is -2.38. The standard InChI is InChI=1S/C14H20N2O3/c1-15(2)10-11-16(9-8-13(17)18)14(19)12-6-4-3-5-7-12/h3-7H,8-11H2,1-2H3,(H,17,18). The Bertz CT molecular complexity index is 418. The van der Waals surface area contributed by atoms with E-state index in [4.69, 9.17) is 5.11 Å². The molecule has 0 aliphatic heterocycles. The molecule has 1 rings (SSSR count). The lowest BCUT2D eigenvalue weighted by Gasteiger charge is -2.24. The second-order valence-corrected chi connectivity index (χ2v) is 4.61. The first kappa shape index (κ1) is 15.2. The number of hydrogen-bond donors (Lipinski definition) is 1. The highest BCUT2D eigenvalue weighted by molar-refractivity contribution is 5.94. The van der Waals surface area contributed by atoms with Gasteiger partial charge in [-0.05, 0) is 26.2 Å². The Labute approximate surface area is 113 Å². The summed E-state index contributed by atoms with van der Waals surface area (Å²) in [5.41, 5.74) is 0.589. The fraction of sp³-hybridized carbons (Fsp3) is 0.429. The van der Waals surface area contributed by atoms with Crippen LogP contribution in [0.25, 0.3) is 0 Å². The molecule has 5 heteroatoms. The summed E-state index contributed by atoms with van der Waals surface area (Å²) in [4.78, 5) is 26.5. The summed E-state index contributed by atoms with van der Waals surface area (Å²) in [6, 6.07) is 8.93. The number of hydrogen-bond acceptors (Lipinski definition) is 3. The Morgan fingerprint density at radius 1 is 1.05 bits per heavy atom. The van der Waals surface area contributed by atoms with Gasteiger partial charge in [-0.3, -0.25) is 9.59 Å².